The summed E-state index contributed by atoms with van der Waals surface area (Å²) in [4.78, 5) is 22.9. The molecule has 1 fully saturated rings. The molecule has 1 aliphatic rings. The molecule has 0 saturated carbocycles. The zero-order chi connectivity index (χ0) is 21.1. The summed E-state index contributed by atoms with van der Waals surface area (Å²) >= 11 is 5.24. The molecule has 2 aromatic rings. The molecule has 0 bridgehead atoms. The summed E-state index contributed by atoms with van der Waals surface area (Å²) in [5, 5.41) is 43.8. The highest BCUT2D eigenvalue weighted by molar-refractivity contribution is 7.71. The molecule has 9 N–H and O–H groups in total. The van der Waals surface area contributed by atoms with Gasteiger partial charge in [-0.05, 0) is 0 Å². The number of aliphatic hydroxyl groups excluding tert-OH is 4. The van der Waals surface area contributed by atoms with E-state index < -0.39 is 49.7 Å². The van der Waals surface area contributed by atoms with E-state index in [1.807, 2.05) is 0 Å². The van der Waals surface area contributed by atoms with E-state index in [4.69, 9.17) is 27.8 Å². The van der Waals surface area contributed by atoms with E-state index in [0.717, 1.165) is 0 Å². The molecule has 160 valence electrons. The molecular weight excluding hydrogens is 406 g/mol. The van der Waals surface area contributed by atoms with Crippen LogP contribution in [0, 0.1) is 4.64 Å². The second-order valence-corrected chi connectivity index (χ2v) is 6.86. The highest BCUT2D eigenvalue weighted by atomic mass is 32.1. The fourth-order valence-electron chi connectivity index (χ4n) is 2.90. The molecule has 5 atom stereocenters. The minimum Gasteiger partial charge on any atom is -0.394 e. The Morgan fingerprint density at radius 2 is 2.14 bits per heavy atom. The molecule has 3 heterocycles. The first kappa shape index (κ1) is 21.5. The number of nitrogens with zero attached hydrogens (tertiary/aromatic N) is 3. The molecular formula is C15H23N7O6S. The van der Waals surface area contributed by atoms with Crippen LogP contribution in [0.3, 0.4) is 0 Å². The van der Waals surface area contributed by atoms with Crippen molar-refractivity contribution in [2.75, 3.05) is 31.6 Å². The van der Waals surface area contributed by atoms with E-state index in [-0.39, 0.29) is 23.7 Å². The van der Waals surface area contributed by atoms with Gasteiger partial charge in [0, 0.05) is 13.1 Å². The predicted octanol–water partition coefficient (Wildman–Crippen LogP) is -3.05. The van der Waals surface area contributed by atoms with Crippen LogP contribution >= 0.6 is 12.2 Å². The first-order valence-electron chi connectivity index (χ1n) is 8.84. The predicted molar refractivity (Wildman–Crippen MR) is 102 cm³/mol. The molecule has 2 aromatic heterocycles. The van der Waals surface area contributed by atoms with Gasteiger partial charge in [-0.25, -0.2) is 9.97 Å². The van der Waals surface area contributed by atoms with Crippen LogP contribution in [0.1, 0.15) is 6.23 Å². The molecule has 29 heavy (non-hydrogen) atoms. The monoisotopic (exact) mass is 429 g/mol. The number of nitrogens with one attached hydrogen (secondary N) is 3. The Morgan fingerprint density at radius 3 is 2.79 bits per heavy atom. The molecule has 0 spiro atoms. The Hall–Kier alpha value is -2.20. The van der Waals surface area contributed by atoms with E-state index >= 15 is 0 Å². The lowest BCUT2D eigenvalue weighted by Crippen LogP contribution is -2.44. The van der Waals surface area contributed by atoms with Gasteiger partial charge in [0.15, 0.2) is 10.9 Å². The van der Waals surface area contributed by atoms with Crippen molar-refractivity contribution in [2.24, 2.45) is 5.73 Å². The van der Waals surface area contributed by atoms with Crippen LogP contribution in [-0.2, 0) is 9.53 Å². The molecule has 1 aliphatic heterocycles. The number of H-pyrrole nitrogens is 1. The number of fused-ring (bicyclic) bond motifs is 1. The van der Waals surface area contributed by atoms with Gasteiger partial charge < -0.3 is 46.5 Å². The van der Waals surface area contributed by atoms with Gasteiger partial charge in [0.05, 0.1) is 19.5 Å². The molecule has 1 saturated heterocycles. The summed E-state index contributed by atoms with van der Waals surface area (Å²) in [6.45, 7) is -0.385. The van der Waals surface area contributed by atoms with E-state index in [9.17, 15) is 20.1 Å². The third-order valence-electron chi connectivity index (χ3n) is 4.49. The Bertz CT molecular complexity index is 920. The number of nitrogens with two attached hydrogens (primary N) is 1. The normalized spacial score (nSPS) is 25.3. The van der Waals surface area contributed by atoms with Crippen LogP contribution in [0.25, 0.3) is 11.2 Å². The summed E-state index contributed by atoms with van der Waals surface area (Å²) in [7, 11) is 0. The van der Waals surface area contributed by atoms with Crippen molar-refractivity contribution in [3.05, 3.63) is 11.0 Å². The number of ether oxygens (including phenoxy) is 1. The summed E-state index contributed by atoms with van der Waals surface area (Å²) < 4.78 is 7.18. The van der Waals surface area contributed by atoms with Gasteiger partial charge in [-0.2, -0.15) is 0 Å². The number of rotatable bonds is 8. The van der Waals surface area contributed by atoms with Crippen LogP contribution in [-0.4, -0.2) is 96.5 Å². The summed E-state index contributed by atoms with van der Waals surface area (Å²) in [5.74, 6) is -0.190. The highest BCUT2D eigenvalue weighted by Gasteiger charge is 2.43. The van der Waals surface area contributed by atoms with Gasteiger partial charge in [0.25, 0.3) is 0 Å². The number of carbonyl (C=O) groups excluding carboxylic acids is 1. The van der Waals surface area contributed by atoms with Gasteiger partial charge in [-0.3, -0.25) is 9.36 Å². The van der Waals surface area contributed by atoms with Gasteiger partial charge in [0.1, 0.15) is 35.5 Å². The highest BCUT2D eigenvalue weighted by Crippen LogP contribution is 2.31. The Labute approximate surface area is 169 Å². The van der Waals surface area contributed by atoms with Gasteiger partial charge in [-0.1, -0.05) is 12.2 Å². The third-order valence-corrected chi connectivity index (χ3v) is 4.77. The number of amides is 1. The largest absolute Gasteiger partial charge is 0.394 e. The quantitative estimate of drug-likeness (QED) is 0.156. The van der Waals surface area contributed by atoms with Crippen molar-refractivity contribution in [3.63, 3.8) is 0 Å². The van der Waals surface area contributed by atoms with Gasteiger partial charge in [0.2, 0.25) is 11.9 Å². The van der Waals surface area contributed by atoms with Gasteiger partial charge >= 0.3 is 0 Å². The average Bonchev–Trinajstić information content (AvgIpc) is 3.26. The van der Waals surface area contributed by atoms with Crippen molar-refractivity contribution >= 4 is 35.2 Å². The zero-order valence-corrected chi connectivity index (χ0v) is 16.0. The number of imidazole rings is 1. The van der Waals surface area contributed by atoms with Crippen LogP contribution in [0.5, 0.6) is 0 Å². The maximum absolute atomic E-state index is 11.5. The molecule has 14 heteroatoms. The van der Waals surface area contributed by atoms with Crippen LogP contribution in [0.15, 0.2) is 6.33 Å². The summed E-state index contributed by atoms with van der Waals surface area (Å²) in [5.41, 5.74) is 6.17. The molecule has 3 rings (SSSR count). The van der Waals surface area contributed by atoms with Crippen molar-refractivity contribution < 1.29 is 30.0 Å². The van der Waals surface area contributed by atoms with Crippen molar-refractivity contribution in [1.82, 2.24) is 24.8 Å². The first-order valence-corrected chi connectivity index (χ1v) is 9.25. The van der Waals surface area contributed by atoms with Crippen LogP contribution in [0.2, 0.25) is 0 Å². The summed E-state index contributed by atoms with van der Waals surface area (Å²) in [6, 6.07) is -0.986. The number of aliphatic hydroxyl groups is 4. The topological polar surface area (TPSA) is 204 Å². The van der Waals surface area contributed by atoms with Crippen molar-refractivity contribution in [3.8, 4) is 0 Å². The average molecular weight is 429 g/mol. The minimum atomic E-state index is -1.28. The molecule has 3 unspecified atom stereocenters. The Kier molecular flexibility index (Phi) is 6.74. The lowest BCUT2D eigenvalue weighted by atomic mass is 10.1. The smallest absolute Gasteiger partial charge is 0.239 e. The van der Waals surface area contributed by atoms with E-state index in [0.29, 0.717) is 11.2 Å². The second-order valence-electron chi connectivity index (χ2n) is 6.48. The van der Waals surface area contributed by atoms with E-state index in [2.05, 4.69) is 25.6 Å². The van der Waals surface area contributed by atoms with E-state index in [1.54, 1.807) is 0 Å². The number of aromatic amines is 1. The van der Waals surface area contributed by atoms with Crippen molar-refractivity contribution in [2.45, 2.75) is 30.6 Å². The fraction of sp³-hybridized carbons (Fsp3) is 0.600. The van der Waals surface area contributed by atoms with Crippen LogP contribution in [0.4, 0.5) is 5.95 Å². The Morgan fingerprint density at radius 1 is 1.38 bits per heavy atom. The summed E-state index contributed by atoms with van der Waals surface area (Å²) in [6.07, 6.45) is -3.05. The molecule has 0 aliphatic carbocycles. The zero-order valence-electron chi connectivity index (χ0n) is 15.2. The lowest BCUT2D eigenvalue weighted by Gasteiger charge is -2.17. The fourth-order valence-corrected chi connectivity index (χ4v) is 3.14. The molecule has 0 aromatic carbocycles. The number of hydrogen-bond donors (Lipinski definition) is 8. The second kappa shape index (κ2) is 9.08. The Balaban J connectivity index is 1.74. The number of anilines is 1. The van der Waals surface area contributed by atoms with Gasteiger partial charge in [-0.15, -0.1) is 0 Å². The SMILES string of the molecule is NC(CO)C(=O)NCCNc1nc(=S)c2ncn([C@@H]3O[C@H](CO)C(O)C3O)c2[nH]1. The molecule has 0 radical (unpaired) electrons. The number of hydrogen-bond acceptors (Lipinski definition) is 11. The standard InChI is InChI=1S/C15H23N7O6S/c16-6(3-23)12(27)17-1-2-18-15-20-11-8(13(29)21-15)19-5-22(11)14-10(26)9(25)7(4-24)28-14/h5-7,9-10,14,23-26H,1-4,16H2,(H,17,27)(H2,18,20,21,29)/t6?,7-,9?,10?,14-/m1/s1. The molecule has 1 amide bonds. The van der Waals surface area contributed by atoms with E-state index in [1.165, 1.54) is 10.9 Å². The van der Waals surface area contributed by atoms with Crippen molar-refractivity contribution in [1.29, 1.82) is 0 Å². The maximum Gasteiger partial charge on any atom is 0.239 e. The minimum absolute atomic E-state index is 0.193. The third kappa shape index (κ3) is 4.37. The number of carbonyl (C=O) groups is 1. The molecule has 13 nitrogen and oxygen atoms in total. The number of aromatic nitrogens is 4. The first-order chi connectivity index (χ1) is 13.9. The van der Waals surface area contributed by atoms with Crippen LogP contribution < -0.4 is 16.4 Å². The lowest BCUT2D eigenvalue weighted by molar-refractivity contribution is -0.123. The maximum atomic E-state index is 11.5.